The Kier molecular flexibility index (Phi) is 7.67. The van der Waals surface area contributed by atoms with Crippen LogP contribution in [-0.2, 0) is 17.7 Å². The highest BCUT2D eigenvalue weighted by atomic mass is 16.5. The first-order valence-corrected chi connectivity index (χ1v) is 10.7. The molecule has 0 aromatic carbocycles. The molecule has 0 bridgehead atoms. The number of aryl methyl sites for hydroxylation is 1. The van der Waals surface area contributed by atoms with Crippen LogP contribution in [0.4, 0.5) is 0 Å². The number of guanidine groups is 1. The Morgan fingerprint density at radius 2 is 2.07 bits per heavy atom. The standard InChI is InChI=1S/C20H37N7O/c1-15(2)19-24-18-6-5-17(14-27(18)25-19)23-20(21-3)22-13-16-7-9-26(10-8-16)11-12-28-4/h15-17H,5-14H2,1-4H3,(H2,21,22,23). The van der Waals surface area contributed by atoms with E-state index in [-0.39, 0.29) is 0 Å². The van der Waals surface area contributed by atoms with Crippen molar-refractivity contribution < 1.29 is 4.74 Å². The lowest BCUT2D eigenvalue weighted by atomic mass is 9.97. The monoisotopic (exact) mass is 391 g/mol. The smallest absolute Gasteiger partial charge is 0.191 e. The number of rotatable bonds is 7. The fourth-order valence-corrected chi connectivity index (χ4v) is 3.95. The first-order valence-electron chi connectivity index (χ1n) is 10.7. The van der Waals surface area contributed by atoms with Gasteiger partial charge in [-0.25, -0.2) is 9.67 Å². The van der Waals surface area contributed by atoms with Crippen molar-refractivity contribution in [2.24, 2.45) is 10.9 Å². The van der Waals surface area contributed by atoms with Crippen molar-refractivity contribution in [1.29, 1.82) is 0 Å². The summed E-state index contributed by atoms with van der Waals surface area (Å²) in [7, 11) is 3.62. The number of nitrogens with one attached hydrogen (secondary N) is 2. The zero-order valence-electron chi connectivity index (χ0n) is 17.9. The fraction of sp³-hybridized carbons (Fsp3) is 0.850. The minimum atomic E-state index is 0.344. The first kappa shape index (κ1) is 21.0. The Hall–Kier alpha value is -1.67. The quantitative estimate of drug-likeness (QED) is 0.538. The number of nitrogens with zero attached hydrogens (tertiary/aromatic N) is 5. The van der Waals surface area contributed by atoms with Crippen molar-refractivity contribution in [3.05, 3.63) is 11.6 Å². The van der Waals surface area contributed by atoms with Gasteiger partial charge in [-0.15, -0.1) is 0 Å². The second kappa shape index (κ2) is 10.2. The number of methoxy groups -OCH3 is 1. The predicted octanol–water partition coefficient (Wildman–Crippen LogP) is 1.24. The second-order valence-corrected chi connectivity index (χ2v) is 8.33. The lowest BCUT2D eigenvalue weighted by molar-refractivity contribution is 0.121. The molecule has 0 saturated carbocycles. The van der Waals surface area contributed by atoms with E-state index in [2.05, 4.69) is 49.1 Å². The van der Waals surface area contributed by atoms with Gasteiger partial charge in [-0.05, 0) is 38.3 Å². The SMILES string of the molecule is CN=C(NCC1CCN(CCOC)CC1)NC1CCc2nc(C(C)C)nn2C1. The molecule has 0 spiro atoms. The molecular formula is C20H37N7O. The number of aromatic nitrogens is 3. The Bertz CT molecular complexity index is 634. The lowest BCUT2D eigenvalue weighted by Gasteiger charge is -2.32. The second-order valence-electron chi connectivity index (χ2n) is 8.33. The molecule has 1 fully saturated rings. The molecule has 8 heteroatoms. The van der Waals surface area contributed by atoms with Crippen LogP contribution in [0, 0.1) is 5.92 Å². The highest BCUT2D eigenvalue weighted by Gasteiger charge is 2.24. The fourth-order valence-electron chi connectivity index (χ4n) is 3.95. The summed E-state index contributed by atoms with van der Waals surface area (Å²) in [5.74, 6) is 4.05. The molecule has 158 valence electrons. The van der Waals surface area contributed by atoms with Crippen LogP contribution >= 0.6 is 0 Å². The first-order chi connectivity index (χ1) is 13.6. The largest absolute Gasteiger partial charge is 0.383 e. The molecule has 28 heavy (non-hydrogen) atoms. The van der Waals surface area contributed by atoms with Crippen LogP contribution in [0.2, 0.25) is 0 Å². The van der Waals surface area contributed by atoms with E-state index in [9.17, 15) is 0 Å². The van der Waals surface area contributed by atoms with E-state index in [1.54, 1.807) is 7.11 Å². The molecule has 1 saturated heterocycles. The van der Waals surface area contributed by atoms with Crippen LogP contribution in [0.15, 0.2) is 4.99 Å². The minimum absolute atomic E-state index is 0.344. The van der Waals surface area contributed by atoms with Crippen molar-refractivity contribution in [3.63, 3.8) is 0 Å². The van der Waals surface area contributed by atoms with Gasteiger partial charge in [-0.3, -0.25) is 4.99 Å². The zero-order chi connectivity index (χ0) is 19.9. The zero-order valence-corrected chi connectivity index (χ0v) is 17.9. The maximum Gasteiger partial charge on any atom is 0.191 e. The molecule has 8 nitrogen and oxygen atoms in total. The van der Waals surface area contributed by atoms with Gasteiger partial charge in [-0.2, -0.15) is 5.10 Å². The van der Waals surface area contributed by atoms with E-state index in [1.165, 1.54) is 12.8 Å². The normalized spacial score (nSPS) is 21.8. The Morgan fingerprint density at radius 3 is 2.75 bits per heavy atom. The number of hydrogen-bond acceptors (Lipinski definition) is 5. The van der Waals surface area contributed by atoms with Crippen molar-refractivity contribution in [2.45, 2.75) is 58.0 Å². The molecule has 0 aliphatic carbocycles. The van der Waals surface area contributed by atoms with E-state index in [0.717, 1.165) is 69.8 Å². The van der Waals surface area contributed by atoms with Gasteiger partial charge in [0.25, 0.3) is 0 Å². The van der Waals surface area contributed by atoms with Gasteiger partial charge in [0.15, 0.2) is 11.8 Å². The summed E-state index contributed by atoms with van der Waals surface area (Å²) >= 11 is 0. The molecule has 2 N–H and O–H groups in total. The molecule has 0 amide bonds. The maximum absolute atomic E-state index is 5.18. The summed E-state index contributed by atoms with van der Waals surface area (Å²) in [6.07, 6.45) is 4.50. The highest BCUT2D eigenvalue weighted by molar-refractivity contribution is 5.79. The maximum atomic E-state index is 5.18. The van der Waals surface area contributed by atoms with Crippen LogP contribution in [-0.4, -0.2) is 78.6 Å². The van der Waals surface area contributed by atoms with Crippen molar-refractivity contribution >= 4 is 5.96 Å². The van der Waals surface area contributed by atoms with Gasteiger partial charge in [-0.1, -0.05) is 13.8 Å². The molecule has 0 radical (unpaired) electrons. The van der Waals surface area contributed by atoms with E-state index >= 15 is 0 Å². The van der Waals surface area contributed by atoms with Gasteiger partial charge >= 0.3 is 0 Å². The summed E-state index contributed by atoms with van der Waals surface area (Å²) in [4.78, 5) is 11.6. The van der Waals surface area contributed by atoms with Crippen LogP contribution < -0.4 is 10.6 Å². The Balaban J connectivity index is 1.41. The molecule has 1 aromatic heterocycles. The van der Waals surface area contributed by atoms with Crippen molar-refractivity contribution in [2.75, 3.05) is 46.9 Å². The number of aliphatic imine (C=N–C) groups is 1. The van der Waals surface area contributed by atoms with Gasteiger partial charge in [0.2, 0.25) is 0 Å². The molecular weight excluding hydrogens is 354 g/mol. The van der Waals surface area contributed by atoms with Crippen LogP contribution in [0.5, 0.6) is 0 Å². The number of ether oxygens (including phenoxy) is 1. The topological polar surface area (TPSA) is 79.6 Å². The molecule has 1 atom stereocenters. The van der Waals surface area contributed by atoms with Crippen molar-refractivity contribution in [1.82, 2.24) is 30.3 Å². The van der Waals surface area contributed by atoms with Crippen LogP contribution in [0.3, 0.4) is 0 Å². The molecule has 2 aliphatic rings. The van der Waals surface area contributed by atoms with E-state index in [1.807, 2.05) is 7.05 Å². The number of fused-ring (bicyclic) bond motifs is 1. The third kappa shape index (κ3) is 5.67. The Morgan fingerprint density at radius 1 is 1.29 bits per heavy atom. The van der Waals surface area contributed by atoms with Crippen LogP contribution in [0.25, 0.3) is 0 Å². The summed E-state index contributed by atoms with van der Waals surface area (Å²) in [5.41, 5.74) is 0. The van der Waals surface area contributed by atoms with Crippen molar-refractivity contribution in [3.8, 4) is 0 Å². The van der Waals surface area contributed by atoms with Crippen LogP contribution in [0.1, 0.15) is 50.7 Å². The number of hydrogen-bond donors (Lipinski definition) is 2. The lowest BCUT2D eigenvalue weighted by Crippen LogP contribution is -2.48. The average Bonchev–Trinajstić information content (AvgIpc) is 3.14. The molecule has 1 aromatic rings. The highest BCUT2D eigenvalue weighted by Crippen LogP contribution is 2.18. The summed E-state index contributed by atoms with van der Waals surface area (Å²) in [6, 6.07) is 0.344. The Labute approximate surface area is 169 Å². The molecule has 2 aliphatic heterocycles. The van der Waals surface area contributed by atoms with Gasteiger partial charge in [0, 0.05) is 45.6 Å². The number of piperidine rings is 1. The van der Waals surface area contributed by atoms with E-state index in [0.29, 0.717) is 17.9 Å². The van der Waals surface area contributed by atoms with E-state index < -0.39 is 0 Å². The minimum Gasteiger partial charge on any atom is -0.383 e. The number of likely N-dealkylation sites (tertiary alicyclic amines) is 1. The summed E-state index contributed by atoms with van der Waals surface area (Å²) in [5, 5.41) is 11.8. The average molecular weight is 392 g/mol. The van der Waals surface area contributed by atoms with E-state index in [4.69, 9.17) is 4.74 Å². The summed E-state index contributed by atoms with van der Waals surface area (Å²) in [6.45, 7) is 10.3. The van der Waals surface area contributed by atoms with Gasteiger partial charge in [0.1, 0.15) is 5.82 Å². The van der Waals surface area contributed by atoms with Gasteiger partial charge < -0.3 is 20.3 Å². The molecule has 3 rings (SSSR count). The third-order valence-electron chi connectivity index (χ3n) is 5.83. The molecule has 1 unspecified atom stereocenters. The third-order valence-corrected chi connectivity index (χ3v) is 5.83. The van der Waals surface area contributed by atoms with Gasteiger partial charge in [0.05, 0.1) is 13.2 Å². The molecule has 3 heterocycles. The predicted molar refractivity (Wildman–Crippen MR) is 112 cm³/mol. The summed E-state index contributed by atoms with van der Waals surface area (Å²) < 4.78 is 7.25.